The van der Waals surface area contributed by atoms with E-state index >= 15 is 0 Å². The van der Waals surface area contributed by atoms with Gasteiger partial charge in [0.2, 0.25) is 0 Å². The van der Waals surface area contributed by atoms with Gasteiger partial charge in [-0.15, -0.1) is 11.8 Å². The number of carbonyl (C=O) groups excluding carboxylic acids is 1. The maximum absolute atomic E-state index is 10.5. The van der Waals surface area contributed by atoms with Crippen LogP contribution in [0.1, 0.15) is 30.1 Å². The van der Waals surface area contributed by atoms with Gasteiger partial charge < -0.3 is 0 Å². The molecule has 0 aromatic heterocycles. The van der Waals surface area contributed by atoms with Crippen LogP contribution in [-0.2, 0) is 0 Å². The molecule has 0 aliphatic carbocycles. The molecule has 1 aromatic rings. The summed E-state index contributed by atoms with van der Waals surface area (Å²) >= 11 is 1.82. The van der Waals surface area contributed by atoms with Gasteiger partial charge in [0.15, 0.2) is 0 Å². The van der Waals surface area contributed by atoms with E-state index < -0.39 is 0 Å². The molecule has 0 radical (unpaired) electrons. The summed E-state index contributed by atoms with van der Waals surface area (Å²) in [4.78, 5) is 11.7. The van der Waals surface area contributed by atoms with Crippen LogP contribution in [0.5, 0.6) is 0 Å². The molecule has 1 aromatic carbocycles. The van der Waals surface area contributed by atoms with Gasteiger partial charge in [-0.2, -0.15) is 0 Å². The van der Waals surface area contributed by atoms with Gasteiger partial charge in [0.1, 0.15) is 6.29 Å². The van der Waals surface area contributed by atoms with E-state index in [1.165, 1.54) is 17.7 Å². The van der Waals surface area contributed by atoms with Crippen molar-refractivity contribution in [3.05, 3.63) is 29.8 Å². The third-order valence-corrected chi connectivity index (χ3v) is 2.84. The lowest BCUT2D eigenvalue weighted by molar-refractivity contribution is 0.112. The highest BCUT2D eigenvalue weighted by Gasteiger charge is 1.94. The number of hydrogen-bond donors (Lipinski definition) is 0. The van der Waals surface area contributed by atoms with E-state index in [0.717, 1.165) is 17.6 Å². The molecular formula is C11H14OS. The zero-order valence-electron chi connectivity index (χ0n) is 7.82. The maximum atomic E-state index is 10.5. The van der Waals surface area contributed by atoms with E-state index in [4.69, 9.17) is 0 Å². The Labute approximate surface area is 83.5 Å². The van der Waals surface area contributed by atoms with Crippen LogP contribution in [0.3, 0.4) is 0 Å². The second-order valence-corrected chi connectivity index (χ2v) is 4.06. The van der Waals surface area contributed by atoms with Crippen molar-refractivity contribution in [2.45, 2.75) is 24.7 Å². The second-order valence-electron chi connectivity index (χ2n) is 2.89. The maximum Gasteiger partial charge on any atom is 0.150 e. The van der Waals surface area contributed by atoms with Gasteiger partial charge in [-0.05, 0) is 24.3 Å². The molecule has 13 heavy (non-hydrogen) atoms. The van der Waals surface area contributed by atoms with Gasteiger partial charge in [-0.25, -0.2) is 0 Å². The predicted molar refractivity (Wildman–Crippen MR) is 57.5 cm³/mol. The summed E-state index contributed by atoms with van der Waals surface area (Å²) in [6.07, 6.45) is 3.35. The minimum Gasteiger partial charge on any atom is -0.298 e. The Kier molecular flexibility index (Phi) is 4.61. The Morgan fingerprint density at radius 2 is 2.31 bits per heavy atom. The zero-order valence-corrected chi connectivity index (χ0v) is 8.64. The molecule has 0 spiro atoms. The van der Waals surface area contributed by atoms with Crippen LogP contribution in [0, 0.1) is 0 Å². The normalized spacial score (nSPS) is 9.92. The largest absolute Gasteiger partial charge is 0.298 e. The molecule has 0 fully saturated rings. The van der Waals surface area contributed by atoms with Crippen LogP contribution >= 0.6 is 11.8 Å². The van der Waals surface area contributed by atoms with Gasteiger partial charge in [-0.3, -0.25) is 4.79 Å². The Hall–Kier alpha value is -0.760. The fraction of sp³-hybridized carbons (Fsp3) is 0.364. The van der Waals surface area contributed by atoms with Crippen molar-refractivity contribution in [2.75, 3.05) is 5.75 Å². The van der Waals surface area contributed by atoms with Crippen LogP contribution in [0.2, 0.25) is 0 Å². The van der Waals surface area contributed by atoms with Crippen molar-refractivity contribution in [1.82, 2.24) is 0 Å². The number of aldehydes is 1. The molecule has 0 amide bonds. The average Bonchev–Trinajstić information content (AvgIpc) is 2.19. The summed E-state index contributed by atoms with van der Waals surface area (Å²) in [6, 6.07) is 7.75. The molecule has 0 heterocycles. The Balaban J connectivity index is 2.51. The summed E-state index contributed by atoms with van der Waals surface area (Å²) in [5, 5.41) is 0. The number of benzene rings is 1. The van der Waals surface area contributed by atoms with Crippen molar-refractivity contribution < 1.29 is 4.79 Å². The van der Waals surface area contributed by atoms with Crippen molar-refractivity contribution in [2.24, 2.45) is 0 Å². The Morgan fingerprint density at radius 3 is 3.00 bits per heavy atom. The van der Waals surface area contributed by atoms with E-state index in [0.29, 0.717) is 0 Å². The van der Waals surface area contributed by atoms with Crippen LogP contribution in [0.15, 0.2) is 29.2 Å². The first-order valence-corrected chi connectivity index (χ1v) is 5.53. The molecule has 0 N–H and O–H groups in total. The molecule has 0 saturated heterocycles. The topological polar surface area (TPSA) is 17.1 Å². The number of rotatable bonds is 5. The summed E-state index contributed by atoms with van der Waals surface area (Å²) in [5.41, 5.74) is 0.765. The van der Waals surface area contributed by atoms with Gasteiger partial charge in [0.25, 0.3) is 0 Å². The number of carbonyl (C=O) groups is 1. The first-order valence-electron chi connectivity index (χ1n) is 4.55. The van der Waals surface area contributed by atoms with Gasteiger partial charge in [0, 0.05) is 10.5 Å². The van der Waals surface area contributed by atoms with E-state index in [1.54, 1.807) is 0 Å². The first kappa shape index (κ1) is 10.3. The minimum absolute atomic E-state index is 0.765. The van der Waals surface area contributed by atoms with Crippen molar-refractivity contribution in [3.63, 3.8) is 0 Å². The lowest BCUT2D eigenvalue weighted by Gasteiger charge is -2.00. The van der Waals surface area contributed by atoms with Crippen LogP contribution in [0.4, 0.5) is 0 Å². The lowest BCUT2D eigenvalue weighted by atomic mass is 10.2. The number of unbranched alkanes of at least 4 members (excludes halogenated alkanes) is 1. The summed E-state index contributed by atoms with van der Waals surface area (Å²) in [7, 11) is 0. The highest BCUT2D eigenvalue weighted by Crippen LogP contribution is 2.19. The molecule has 70 valence electrons. The van der Waals surface area contributed by atoms with Crippen molar-refractivity contribution in [1.29, 1.82) is 0 Å². The zero-order chi connectivity index (χ0) is 9.52. The van der Waals surface area contributed by atoms with Gasteiger partial charge in [0.05, 0.1) is 0 Å². The van der Waals surface area contributed by atoms with E-state index in [-0.39, 0.29) is 0 Å². The lowest BCUT2D eigenvalue weighted by Crippen LogP contribution is -1.82. The third kappa shape index (κ3) is 3.64. The summed E-state index contributed by atoms with van der Waals surface area (Å²) < 4.78 is 0. The van der Waals surface area contributed by atoms with Crippen LogP contribution < -0.4 is 0 Å². The van der Waals surface area contributed by atoms with E-state index in [2.05, 4.69) is 6.92 Å². The summed E-state index contributed by atoms with van der Waals surface area (Å²) in [5.74, 6) is 1.14. The molecule has 2 heteroatoms. The van der Waals surface area contributed by atoms with Crippen molar-refractivity contribution in [3.8, 4) is 0 Å². The molecule has 0 unspecified atom stereocenters. The third-order valence-electron chi connectivity index (χ3n) is 1.76. The van der Waals surface area contributed by atoms with Gasteiger partial charge >= 0.3 is 0 Å². The summed E-state index contributed by atoms with van der Waals surface area (Å²) in [6.45, 7) is 2.18. The standard InChI is InChI=1S/C11H14OS/c1-2-3-7-13-11-6-4-5-10(8-11)9-12/h4-6,8-9H,2-3,7H2,1H3. The fourth-order valence-corrected chi connectivity index (χ4v) is 2.07. The molecular weight excluding hydrogens is 180 g/mol. The molecule has 0 aliphatic rings. The predicted octanol–water partition coefficient (Wildman–Crippen LogP) is 3.39. The minimum atomic E-state index is 0.765. The quantitative estimate of drug-likeness (QED) is 0.406. The van der Waals surface area contributed by atoms with Gasteiger partial charge in [-0.1, -0.05) is 25.5 Å². The highest BCUT2D eigenvalue weighted by molar-refractivity contribution is 7.99. The monoisotopic (exact) mass is 194 g/mol. The fourth-order valence-electron chi connectivity index (χ4n) is 1.01. The molecule has 0 saturated carbocycles. The smallest absolute Gasteiger partial charge is 0.150 e. The van der Waals surface area contributed by atoms with Crippen LogP contribution in [0.25, 0.3) is 0 Å². The molecule has 1 rings (SSSR count). The second kappa shape index (κ2) is 5.81. The SMILES string of the molecule is CCCCSc1cccc(C=O)c1. The number of thioether (sulfide) groups is 1. The first-order chi connectivity index (χ1) is 6.36. The average molecular weight is 194 g/mol. The van der Waals surface area contributed by atoms with Crippen molar-refractivity contribution >= 4 is 18.0 Å². The Morgan fingerprint density at radius 1 is 1.46 bits per heavy atom. The molecule has 0 aliphatic heterocycles. The van der Waals surface area contributed by atoms with E-state index in [9.17, 15) is 4.79 Å². The molecule has 1 nitrogen and oxygen atoms in total. The van der Waals surface area contributed by atoms with E-state index in [1.807, 2.05) is 36.0 Å². The molecule has 0 atom stereocenters. The highest BCUT2D eigenvalue weighted by atomic mass is 32.2. The Bertz CT molecular complexity index is 271. The number of hydrogen-bond acceptors (Lipinski definition) is 2. The molecule has 0 bridgehead atoms. The van der Waals surface area contributed by atoms with Crippen LogP contribution in [-0.4, -0.2) is 12.0 Å².